The third kappa shape index (κ3) is 4.92. The molecule has 5 nitrogen and oxygen atoms in total. The van der Waals surface area contributed by atoms with Gasteiger partial charge in [-0.3, -0.25) is 10.1 Å². The van der Waals surface area contributed by atoms with E-state index < -0.39 is 6.10 Å². The number of hydrogen-bond donors (Lipinski definition) is 2. The molecule has 1 aliphatic heterocycles. The summed E-state index contributed by atoms with van der Waals surface area (Å²) in [4.78, 5) is 12.5. The SMILES string of the molecule is O=C(NC(=S)Nc1cccc(OCc2ccccc2)c1)C1Cc2ccccc2O1. The number of rotatable bonds is 5. The molecule has 2 N–H and O–H groups in total. The number of ether oxygens (including phenoxy) is 2. The van der Waals surface area contributed by atoms with Crippen LogP contribution in [0.4, 0.5) is 5.69 Å². The van der Waals surface area contributed by atoms with Crippen molar-refractivity contribution >= 4 is 28.9 Å². The molecule has 1 unspecified atom stereocenters. The van der Waals surface area contributed by atoms with Crippen molar-refractivity contribution in [2.24, 2.45) is 0 Å². The van der Waals surface area contributed by atoms with Gasteiger partial charge in [0.05, 0.1) is 0 Å². The molecule has 0 aliphatic carbocycles. The zero-order valence-electron chi connectivity index (χ0n) is 15.6. The first-order valence-corrected chi connectivity index (χ1v) is 9.71. The zero-order valence-corrected chi connectivity index (χ0v) is 16.4. The Labute approximate surface area is 174 Å². The molecule has 6 heteroatoms. The summed E-state index contributed by atoms with van der Waals surface area (Å²) in [7, 11) is 0. The number of nitrogens with one attached hydrogen (secondary N) is 2. The first-order valence-electron chi connectivity index (χ1n) is 9.30. The molecule has 1 amide bonds. The van der Waals surface area contributed by atoms with E-state index >= 15 is 0 Å². The molecular weight excluding hydrogens is 384 g/mol. The quantitative estimate of drug-likeness (QED) is 0.628. The number of fused-ring (bicyclic) bond motifs is 1. The van der Waals surface area contributed by atoms with Gasteiger partial charge in [0.2, 0.25) is 0 Å². The fourth-order valence-corrected chi connectivity index (χ4v) is 3.31. The van der Waals surface area contributed by atoms with Crippen LogP contribution >= 0.6 is 12.2 Å². The summed E-state index contributed by atoms with van der Waals surface area (Å²) in [5.74, 6) is 1.19. The van der Waals surface area contributed by atoms with Gasteiger partial charge in [0, 0.05) is 18.2 Å². The first-order chi connectivity index (χ1) is 14.2. The molecule has 146 valence electrons. The van der Waals surface area contributed by atoms with Gasteiger partial charge >= 0.3 is 0 Å². The second kappa shape index (κ2) is 8.75. The van der Waals surface area contributed by atoms with Crippen LogP contribution in [0.25, 0.3) is 0 Å². The van der Waals surface area contributed by atoms with Gasteiger partial charge in [-0.15, -0.1) is 0 Å². The van der Waals surface area contributed by atoms with Gasteiger partial charge in [0.1, 0.15) is 18.1 Å². The van der Waals surface area contributed by atoms with E-state index in [0.29, 0.717) is 18.8 Å². The maximum absolute atomic E-state index is 12.5. The largest absolute Gasteiger partial charge is 0.489 e. The smallest absolute Gasteiger partial charge is 0.267 e. The van der Waals surface area contributed by atoms with Crippen LogP contribution < -0.4 is 20.1 Å². The topological polar surface area (TPSA) is 59.6 Å². The molecule has 1 aliphatic rings. The van der Waals surface area contributed by atoms with E-state index in [1.807, 2.05) is 78.9 Å². The van der Waals surface area contributed by atoms with Gasteiger partial charge in [0.25, 0.3) is 5.91 Å². The van der Waals surface area contributed by atoms with Crippen molar-refractivity contribution in [3.8, 4) is 11.5 Å². The number of thiocarbonyl (C=S) groups is 1. The highest BCUT2D eigenvalue weighted by Crippen LogP contribution is 2.28. The Morgan fingerprint density at radius 2 is 1.83 bits per heavy atom. The lowest BCUT2D eigenvalue weighted by atomic mass is 10.1. The standard InChI is InChI=1S/C23H20N2O3S/c26-22(21-13-17-9-4-5-12-20(17)28-21)25-23(29)24-18-10-6-11-19(14-18)27-15-16-7-2-1-3-8-16/h1-12,14,21H,13,15H2,(H2,24,25,26,29). The maximum Gasteiger partial charge on any atom is 0.267 e. The molecule has 0 aromatic heterocycles. The van der Waals surface area contributed by atoms with Crippen LogP contribution in [0.5, 0.6) is 11.5 Å². The molecule has 0 spiro atoms. The molecule has 0 fully saturated rings. The van der Waals surface area contributed by atoms with Gasteiger partial charge in [-0.1, -0.05) is 54.6 Å². The van der Waals surface area contributed by atoms with Gasteiger partial charge in [-0.05, 0) is 41.5 Å². The molecular formula is C23H20N2O3S. The van der Waals surface area contributed by atoms with Gasteiger partial charge in [0.15, 0.2) is 11.2 Å². The van der Waals surface area contributed by atoms with E-state index in [1.54, 1.807) is 0 Å². The summed E-state index contributed by atoms with van der Waals surface area (Å²) in [5.41, 5.74) is 2.84. The molecule has 1 heterocycles. The summed E-state index contributed by atoms with van der Waals surface area (Å²) < 4.78 is 11.5. The van der Waals surface area contributed by atoms with Crippen molar-refractivity contribution in [1.29, 1.82) is 0 Å². The normalized spacial score (nSPS) is 14.4. The Balaban J connectivity index is 1.30. The molecule has 1 atom stereocenters. The number of anilines is 1. The van der Waals surface area contributed by atoms with Crippen molar-refractivity contribution in [2.75, 3.05) is 5.32 Å². The third-order valence-electron chi connectivity index (χ3n) is 4.52. The number of hydrogen-bond acceptors (Lipinski definition) is 4. The van der Waals surface area contributed by atoms with Crippen LogP contribution in [0.1, 0.15) is 11.1 Å². The van der Waals surface area contributed by atoms with Crippen molar-refractivity contribution in [3.63, 3.8) is 0 Å². The Morgan fingerprint density at radius 3 is 2.66 bits per heavy atom. The molecule has 0 saturated carbocycles. The van der Waals surface area contributed by atoms with E-state index in [-0.39, 0.29) is 11.0 Å². The monoisotopic (exact) mass is 404 g/mol. The minimum atomic E-state index is -0.576. The lowest BCUT2D eigenvalue weighted by molar-refractivity contribution is -0.125. The van der Waals surface area contributed by atoms with Gasteiger partial charge in [-0.2, -0.15) is 0 Å². The Morgan fingerprint density at radius 1 is 1.03 bits per heavy atom. The van der Waals surface area contributed by atoms with Crippen molar-refractivity contribution in [3.05, 3.63) is 90.0 Å². The predicted molar refractivity (Wildman–Crippen MR) is 116 cm³/mol. The molecule has 0 bridgehead atoms. The fraction of sp³-hybridized carbons (Fsp3) is 0.130. The van der Waals surface area contributed by atoms with Crippen molar-refractivity contribution in [1.82, 2.24) is 5.32 Å². The number of amides is 1. The zero-order chi connectivity index (χ0) is 20.1. The predicted octanol–water partition coefficient (Wildman–Crippen LogP) is 4.08. The van der Waals surface area contributed by atoms with Crippen LogP contribution in [-0.4, -0.2) is 17.1 Å². The second-order valence-corrected chi connectivity index (χ2v) is 7.07. The molecule has 0 radical (unpaired) electrons. The van der Waals surface area contributed by atoms with E-state index in [9.17, 15) is 4.79 Å². The number of carbonyl (C=O) groups is 1. The average Bonchev–Trinajstić information content (AvgIpc) is 3.18. The lowest BCUT2D eigenvalue weighted by Gasteiger charge is -2.14. The summed E-state index contributed by atoms with van der Waals surface area (Å²) in [6.45, 7) is 0.477. The highest BCUT2D eigenvalue weighted by Gasteiger charge is 2.29. The summed E-state index contributed by atoms with van der Waals surface area (Å²) in [6.07, 6.45) is -0.0411. The number of benzene rings is 3. The van der Waals surface area contributed by atoms with Crippen LogP contribution in [0.3, 0.4) is 0 Å². The Hall–Kier alpha value is -3.38. The lowest BCUT2D eigenvalue weighted by Crippen LogP contribution is -2.42. The van der Waals surface area contributed by atoms with Crippen LogP contribution in [-0.2, 0) is 17.8 Å². The summed E-state index contributed by atoms with van der Waals surface area (Å²) in [5, 5.41) is 5.94. The minimum Gasteiger partial charge on any atom is -0.489 e. The summed E-state index contributed by atoms with van der Waals surface area (Å²) in [6, 6.07) is 25.0. The first kappa shape index (κ1) is 19.0. The van der Waals surface area contributed by atoms with Crippen LogP contribution in [0.15, 0.2) is 78.9 Å². The number of carbonyl (C=O) groups excluding carboxylic acids is 1. The maximum atomic E-state index is 12.5. The van der Waals surface area contributed by atoms with Crippen molar-refractivity contribution < 1.29 is 14.3 Å². The minimum absolute atomic E-state index is 0.217. The van der Waals surface area contributed by atoms with Crippen LogP contribution in [0.2, 0.25) is 0 Å². The van der Waals surface area contributed by atoms with E-state index in [2.05, 4.69) is 10.6 Å². The second-order valence-electron chi connectivity index (χ2n) is 6.66. The van der Waals surface area contributed by atoms with E-state index in [1.165, 1.54) is 0 Å². The van der Waals surface area contributed by atoms with Gasteiger partial charge in [-0.25, -0.2) is 0 Å². The Kier molecular flexibility index (Phi) is 5.72. The van der Waals surface area contributed by atoms with E-state index in [0.717, 1.165) is 22.6 Å². The molecule has 4 rings (SSSR count). The van der Waals surface area contributed by atoms with E-state index in [4.69, 9.17) is 21.7 Å². The third-order valence-corrected chi connectivity index (χ3v) is 4.72. The highest BCUT2D eigenvalue weighted by atomic mass is 32.1. The molecule has 3 aromatic carbocycles. The average molecular weight is 404 g/mol. The molecule has 3 aromatic rings. The molecule has 0 saturated heterocycles. The summed E-state index contributed by atoms with van der Waals surface area (Å²) >= 11 is 5.28. The molecule has 29 heavy (non-hydrogen) atoms. The van der Waals surface area contributed by atoms with Crippen molar-refractivity contribution in [2.45, 2.75) is 19.1 Å². The number of para-hydroxylation sites is 1. The highest BCUT2D eigenvalue weighted by molar-refractivity contribution is 7.80. The van der Waals surface area contributed by atoms with Gasteiger partial charge < -0.3 is 14.8 Å². The van der Waals surface area contributed by atoms with Crippen LogP contribution in [0, 0.1) is 0 Å². The fourth-order valence-electron chi connectivity index (χ4n) is 3.09. The Bertz CT molecular complexity index is 998.